The Bertz CT molecular complexity index is 330. The minimum atomic E-state index is 0.616. The van der Waals surface area contributed by atoms with Gasteiger partial charge in [-0.3, -0.25) is 0 Å². The minimum Gasteiger partial charge on any atom is -0.313 e. The monoisotopic (exact) mass is 260 g/mol. The fourth-order valence-corrected chi connectivity index (χ4v) is 2.78. The molecule has 0 aromatic heterocycles. The molecule has 1 atom stereocenters. The van der Waals surface area contributed by atoms with Crippen molar-refractivity contribution in [2.24, 2.45) is 0 Å². The van der Waals surface area contributed by atoms with Gasteiger partial charge < -0.3 is 10.2 Å². The zero-order valence-corrected chi connectivity index (χ0v) is 12.3. The molecule has 0 bridgehead atoms. The second-order valence-corrected chi connectivity index (χ2v) is 5.78. The Labute approximate surface area is 118 Å². The minimum absolute atomic E-state index is 0.616. The van der Waals surface area contributed by atoms with Gasteiger partial charge >= 0.3 is 0 Å². The maximum atomic E-state index is 3.66. The van der Waals surface area contributed by atoms with Crippen molar-refractivity contribution < 1.29 is 0 Å². The lowest BCUT2D eigenvalue weighted by Gasteiger charge is -2.27. The van der Waals surface area contributed by atoms with Crippen LogP contribution in [-0.4, -0.2) is 37.1 Å². The van der Waals surface area contributed by atoms with E-state index in [-0.39, 0.29) is 0 Å². The number of rotatable bonds is 7. The van der Waals surface area contributed by atoms with E-state index in [9.17, 15) is 0 Å². The summed E-state index contributed by atoms with van der Waals surface area (Å²) in [4.78, 5) is 2.60. The van der Waals surface area contributed by atoms with Gasteiger partial charge in [-0.05, 0) is 51.3 Å². The first-order valence-corrected chi connectivity index (χ1v) is 7.84. The van der Waals surface area contributed by atoms with Crippen LogP contribution in [0.25, 0.3) is 0 Å². The van der Waals surface area contributed by atoms with Gasteiger partial charge in [0.2, 0.25) is 0 Å². The molecule has 0 spiro atoms. The highest BCUT2D eigenvalue weighted by Crippen LogP contribution is 2.08. The fraction of sp³-hybridized carbons (Fsp3) is 0.647. The molecule has 1 N–H and O–H groups in total. The molecule has 19 heavy (non-hydrogen) atoms. The molecule has 1 aliphatic rings. The van der Waals surface area contributed by atoms with Gasteiger partial charge in [0.15, 0.2) is 0 Å². The molecule has 1 fully saturated rings. The molecule has 1 aliphatic heterocycles. The van der Waals surface area contributed by atoms with Crippen molar-refractivity contribution in [3.8, 4) is 0 Å². The third-order valence-corrected chi connectivity index (χ3v) is 4.08. The topological polar surface area (TPSA) is 15.3 Å². The summed E-state index contributed by atoms with van der Waals surface area (Å²) >= 11 is 0. The summed E-state index contributed by atoms with van der Waals surface area (Å²) in [6.07, 6.45) is 6.62. The van der Waals surface area contributed by atoms with Crippen LogP contribution in [-0.2, 0) is 6.42 Å². The van der Waals surface area contributed by atoms with E-state index in [4.69, 9.17) is 0 Å². The number of hydrogen-bond acceptors (Lipinski definition) is 2. The lowest BCUT2D eigenvalue weighted by molar-refractivity contribution is 0.226. The molecule has 0 amide bonds. The third-order valence-electron chi connectivity index (χ3n) is 4.08. The number of hydrogen-bond donors (Lipinski definition) is 1. The second-order valence-electron chi connectivity index (χ2n) is 5.78. The van der Waals surface area contributed by atoms with Crippen LogP contribution < -0.4 is 5.32 Å². The Hall–Kier alpha value is -0.860. The van der Waals surface area contributed by atoms with Gasteiger partial charge in [-0.15, -0.1) is 0 Å². The van der Waals surface area contributed by atoms with Crippen LogP contribution in [0.4, 0.5) is 0 Å². The molecule has 2 heteroatoms. The first-order valence-electron chi connectivity index (χ1n) is 7.84. The van der Waals surface area contributed by atoms with Crippen molar-refractivity contribution in [3.05, 3.63) is 35.9 Å². The van der Waals surface area contributed by atoms with Gasteiger partial charge in [0.25, 0.3) is 0 Å². The first kappa shape index (κ1) is 14.5. The number of benzene rings is 1. The maximum Gasteiger partial charge on any atom is 0.0107 e. The number of nitrogens with zero attached hydrogens (tertiary/aromatic N) is 1. The molecule has 1 aromatic carbocycles. The van der Waals surface area contributed by atoms with Crippen LogP contribution in [0.3, 0.4) is 0 Å². The summed E-state index contributed by atoms with van der Waals surface area (Å²) in [5.41, 5.74) is 1.45. The number of piperidine rings is 1. The largest absolute Gasteiger partial charge is 0.313 e. The molecule has 1 heterocycles. The van der Waals surface area contributed by atoms with E-state index in [0.29, 0.717) is 6.04 Å². The number of aryl methyl sites for hydroxylation is 1. The maximum absolute atomic E-state index is 3.66. The first-order chi connectivity index (χ1) is 9.34. The fourth-order valence-electron chi connectivity index (χ4n) is 2.78. The Kier molecular flexibility index (Phi) is 6.38. The average Bonchev–Trinajstić information content (AvgIpc) is 2.47. The summed E-state index contributed by atoms with van der Waals surface area (Å²) in [6, 6.07) is 11.4. The summed E-state index contributed by atoms with van der Waals surface area (Å²) in [5.74, 6) is 0. The van der Waals surface area contributed by atoms with E-state index >= 15 is 0 Å². The lowest BCUT2D eigenvalue weighted by Crippen LogP contribution is -2.38. The van der Waals surface area contributed by atoms with E-state index in [1.54, 1.807) is 0 Å². The Morgan fingerprint density at radius 1 is 1.11 bits per heavy atom. The zero-order chi connectivity index (χ0) is 13.3. The Morgan fingerprint density at radius 3 is 2.58 bits per heavy atom. The van der Waals surface area contributed by atoms with Gasteiger partial charge in [-0.1, -0.05) is 36.8 Å². The normalized spacial score (nSPS) is 18.4. The van der Waals surface area contributed by atoms with Crippen molar-refractivity contribution in [1.29, 1.82) is 0 Å². The summed E-state index contributed by atoms with van der Waals surface area (Å²) in [5, 5.41) is 3.66. The summed E-state index contributed by atoms with van der Waals surface area (Å²) < 4.78 is 0. The van der Waals surface area contributed by atoms with Crippen LogP contribution in [0, 0.1) is 0 Å². The molecular weight excluding hydrogens is 232 g/mol. The van der Waals surface area contributed by atoms with Crippen LogP contribution >= 0.6 is 0 Å². The highest BCUT2D eigenvalue weighted by molar-refractivity contribution is 5.14. The predicted octanol–water partition coefficient (Wildman–Crippen LogP) is 3.08. The average molecular weight is 260 g/mol. The molecule has 0 radical (unpaired) electrons. The Morgan fingerprint density at radius 2 is 1.84 bits per heavy atom. The standard InChI is InChI=1S/C17H28N2/c1-16(10-11-17-8-4-2-5-9-17)18-12-15-19-13-6-3-7-14-19/h2,4-5,8-9,16,18H,3,6-7,10-15H2,1H3. The van der Waals surface area contributed by atoms with Gasteiger partial charge in [0, 0.05) is 19.1 Å². The highest BCUT2D eigenvalue weighted by Gasteiger charge is 2.09. The molecular formula is C17H28N2. The van der Waals surface area contributed by atoms with Crippen molar-refractivity contribution in [2.45, 2.75) is 45.1 Å². The second kappa shape index (κ2) is 8.34. The molecule has 2 rings (SSSR count). The predicted molar refractivity (Wildman–Crippen MR) is 82.5 cm³/mol. The summed E-state index contributed by atoms with van der Waals surface area (Å²) in [6.45, 7) is 7.27. The van der Waals surface area contributed by atoms with Gasteiger partial charge in [0.05, 0.1) is 0 Å². The lowest BCUT2D eigenvalue weighted by atomic mass is 10.1. The molecule has 2 nitrogen and oxygen atoms in total. The molecule has 106 valence electrons. The highest BCUT2D eigenvalue weighted by atomic mass is 15.1. The molecule has 0 aliphatic carbocycles. The van der Waals surface area contributed by atoms with Crippen LogP contribution in [0.1, 0.15) is 38.2 Å². The third kappa shape index (κ3) is 5.75. The van der Waals surface area contributed by atoms with Gasteiger partial charge in [-0.2, -0.15) is 0 Å². The van der Waals surface area contributed by atoms with E-state index in [1.807, 2.05) is 0 Å². The van der Waals surface area contributed by atoms with Crippen LogP contribution in [0.5, 0.6) is 0 Å². The van der Waals surface area contributed by atoms with Crippen molar-refractivity contribution in [1.82, 2.24) is 10.2 Å². The SMILES string of the molecule is CC(CCc1ccccc1)NCCN1CCCCC1. The molecule has 0 saturated carbocycles. The quantitative estimate of drug-likeness (QED) is 0.810. The van der Waals surface area contributed by atoms with E-state index in [2.05, 4.69) is 47.5 Å². The van der Waals surface area contributed by atoms with E-state index in [0.717, 1.165) is 6.54 Å². The molecule has 1 saturated heterocycles. The van der Waals surface area contributed by atoms with Crippen LogP contribution in [0.15, 0.2) is 30.3 Å². The van der Waals surface area contributed by atoms with Crippen molar-refractivity contribution in [3.63, 3.8) is 0 Å². The Balaban J connectivity index is 1.55. The molecule has 1 unspecified atom stereocenters. The van der Waals surface area contributed by atoms with Crippen molar-refractivity contribution in [2.75, 3.05) is 26.2 Å². The van der Waals surface area contributed by atoms with E-state index < -0.39 is 0 Å². The molecule has 1 aromatic rings. The smallest absolute Gasteiger partial charge is 0.0107 e. The number of nitrogens with one attached hydrogen (secondary N) is 1. The summed E-state index contributed by atoms with van der Waals surface area (Å²) in [7, 11) is 0. The van der Waals surface area contributed by atoms with Gasteiger partial charge in [-0.25, -0.2) is 0 Å². The zero-order valence-electron chi connectivity index (χ0n) is 12.3. The van der Waals surface area contributed by atoms with Gasteiger partial charge in [0.1, 0.15) is 0 Å². The van der Waals surface area contributed by atoms with E-state index in [1.165, 1.54) is 57.3 Å². The number of likely N-dealkylation sites (tertiary alicyclic amines) is 1. The van der Waals surface area contributed by atoms with Crippen molar-refractivity contribution >= 4 is 0 Å². The van der Waals surface area contributed by atoms with Crippen LogP contribution in [0.2, 0.25) is 0 Å².